The average molecular weight is 282 g/mol. The van der Waals surface area contributed by atoms with Crippen molar-refractivity contribution >= 4 is 11.0 Å². The predicted octanol–water partition coefficient (Wildman–Crippen LogP) is 3.33. The number of nitriles is 1. The maximum atomic E-state index is 9.55. The van der Waals surface area contributed by atoms with Crippen LogP contribution in [-0.2, 0) is 0 Å². The van der Waals surface area contributed by atoms with Gasteiger partial charge in [0.2, 0.25) is 0 Å². The SMILES string of the molecule is Cc1nc2ccccc2n1C(C)CC(C)(C#N)NC1CC1. The summed E-state index contributed by atoms with van der Waals surface area (Å²) in [7, 11) is 0. The van der Waals surface area contributed by atoms with Gasteiger partial charge < -0.3 is 4.57 Å². The summed E-state index contributed by atoms with van der Waals surface area (Å²) >= 11 is 0. The van der Waals surface area contributed by atoms with Gasteiger partial charge in [-0.15, -0.1) is 0 Å². The summed E-state index contributed by atoms with van der Waals surface area (Å²) in [6, 6.07) is 11.4. The largest absolute Gasteiger partial charge is 0.325 e. The molecule has 1 aliphatic carbocycles. The summed E-state index contributed by atoms with van der Waals surface area (Å²) in [6.07, 6.45) is 3.17. The first-order valence-corrected chi connectivity index (χ1v) is 7.65. The van der Waals surface area contributed by atoms with Crippen LogP contribution in [0.25, 0.3) is 11.0 Å². The Bertz CT molecular complexity index is 692. The van der Waals surface area contributed by atoms with Gasteiger partial charge in [0.25, 0.3) is 0 Å². The van der Waals surface area contributed by atoms with E-state index in [2.05, 4.69) is 33.9 Å². The second-order valence-electron chi connectivity index (χ2n) is 6.43. The molecule has 0 radical (unpaired) electrons. The fourth-order valence-electron chi connectivity index (χ4n) is 3.22. The van der Waals surface area contributed by atoms with Crippen molar-refractivity contribution in [1.29, 1.82) is 5.26 Å². The lowest BCUT2D eigenvalue weighted by Crippen LogP contribution is -2.44. The Morgan fingerprint density at radius 1 is 1.48 bits per heavy atom. The first-order valence-electron chi connectivity index (χ1n) is 7.65. The van der Waals surface area contributed by atoms with Crippen LogP contribution in [0.5, 0.6) is 0 Å². The van der Waals surface area contributed by atoms with Gasteiger partial charge >= 0.3 is 0 Å². The van der Waals surface area contributed by atoms with Crippen LogP contribution in [-0.4, -0.2) is 21.1 Å². The van der Waals surface area contributed by atoms with Crippen LogP contribution in [0, 0.1) is 18.3 Å². The zero-order chi connectivity index (χ0) is 15.0. The third-order valence-electron chi connectivity index (χ3n) is 4.26. The van der Waals surface area contributed by atoms with Crippen molar-refractivity contribution in [1.82, 2.24) is 14.9 Å². The minimum absolute atomic E-state index is 0.230. The first kappa shape index (κ1) is 14.1. The van der Waals surface area contributed by atoms with E-state index in [-0.39, 0.29) is 6.04 Å². The topological polar surface area (TPSA) is 53.6 Å². The summed E-state index contributed by atoms with van der Waals surface area (Å²) in [4.78, 5) is 4.62. The molecule has 3 rings (SSSR count). The highest BCUT2D eigenvalue weighted by atomic mass is 15.1. The van der Waals surface area contributed by atoms with Crippen LogP contribution in [0.4, 0.5) is 0 Å². The number of para-hydroxylation sites is 2. The van der Waals surface area contributed by atoms with Gasteiger partial charge in [-0.2, -0.15) is 5.26 Å². The van der Waals surface area contributed by atoms with Crippen molar-refractivity contribution in [3.8, 4) is 6.07 Å². The Kier molecular flexibility index (Phi) is 3.46. The minimum atomic E-state index is -0.474. The Hall–Kier alpha value is -1.86. The molecule has 1 aliphatic rings. The maximum Gasteiger partial charge on any atom is 0.106 e. The summed E-state index contributed by atoms with van der Waals surface area (Å²) < 4.78 is 2.25. The molecular weight excluding hydrogens is 260 g/mol. The van der Waals surface area contributed by atoms with Crippen LogP contribution < -0.4 is 5.32 Å². The number of hydrogen-bond acceptors (Lipinski definition) is 3. The van der Waals surface area contributed by atoms with Gasteiger partial charge in [-0.25, -0.2) is 4.98 Å². The van der Waals surface area contributed by atoms with Gasteiger partial charge in [-0.05, 0) is 52.2 Å². The third kappa shape index (κ3) is 2.79. The fourth-order valence-corrected chi connectivity index (χ4v) is 3.22. The number of benzene rings is 1. The highest BCUT2D eigenvalue weighted by Crippen LogP contribution is 2.29. The van der Waals surface area contributed by atoms with Gasteiger partial charge in [0, 0.05) is 12.1 Å². The number of rotatable bonds is 5. The van der Waals surface area contributed by atoms with E-state index in [4.69, 9.17) is 0 Å². The molecule has 0 spiro atoms. The molecule has 1 aromatic heterocycles. The lowest BCUT2D eigenvalue weighted by atomic mass is 9.94. The lowest BCUT2D eigenvalue weighted by molar-refractivity contribution is 0.346. The first-order chi connectivity index (χ1) is 10.0. The summed E-state index contributed by atoms with van der Waals surface area (Å²) in [5.74, 6) is 1.01. The molecule has 2 unspecified atom stereocenters. The smallest absolute Gasteiger partial charge is 0.106 e. The van der Waals surface area contributed by atoms with Gasteiger partial charge in [-0.1, -0.05) is 12.1 Å². The minimum Gasteiger partial charge on any atom is -0.325 e. The monoisotopic (exact) mass is 282 g/mol. The van der Waals surface area contributed by atoms with Crippen molar-refractivity contribution in [2.45, 2.75) is 57.7 Å². The summed E-state index contributed by atoms with van der Waals surface area (Å²) in [5, 5.41) is 13.0. The second kappa shape index (κ2) is 5.16. The second-order valence-corrected chi connectivity index (χ2v) is 6.43. The Balaban J connectivity index is 1.88. The van der Waals surface area contributed by atoms with Crippen molar-refractivity contribution in [3.05, 3.63) is 30.1 Å². The molecule has 0 bridgehead atoms. The molecule has 4 nitrogen and oxygen atoms in total. The van der Waals surface area contributed by atoms with Crippen LogP contribution in [0.15, 0.2) is 24.3 Å². The molecule has 4 heteroatoms. The van der Waals surface area contributed by atoms with Crippen molar-refractivity contribution in [2.75, 3.05) is 0 Å². The number of fused-ring (bicyclic) bond motifs is 1. The van der Waals surface area contributed by atoms with Crippen LogP contribution in [0.1, 0.15) is 45.0 Å². The lowest BCUT2D eigenvalue weighted by Gasteiger charge is -2.28. The van der Waals surface area contributed by atoms with Gasteiger partial charge in [0.1, 0.15) is 11.4 Å². The molecule has 0 amide bonds. The van der Waals surface area contributed by atoms with Crippen molar-refractivity contribution in [2.24, 2.45) is 0 Å². The number of aromatic nitrogens is 2. The van der Waals surface area contributed by atoms with E-state index < -0.39 is 5.54 Å². The molecule has 1 saturated carbocycles. The molecule has 2 aromatic rings. The normalized spacial score (nSPS) is 19.1. The zero-order valence-electron chi connectivity index (χ0n) is 12.9. The fraction of sp³-hybridized carbons (Fsp3) is 0.529. The van der Waals surface area contributed by atoms with Crippen molar-refractivity contribution < 1.29 is 0 Å². The number of hydrogen-bond donors (Lipinski definition) is 1. The van der Waals surface area contributed by atoms with Crippen molar-refractivity contribution in [3.63, 3.8) is 0 Å². The molecule has 2 atom stereocenters. The zero-order valence-corrected chi connectivity index (χ0v) is 12.9. The highest BCUT2D eigenvalue weighted by molar-refractivity contribution is 5.76. The standard InChI is InChI=1S/C17H22N4/c1-12(10-17(3,11-18)20-14-8-9-14)21-13(2)19-15-6-4-5-7-16(15)21/h4-7,12,14,20H,8-10H2,1-3H3. The van der Waals surface area contributed by atoms with E-state index in [0.29, 0.717) is 6.04 Å². The highest BCUT2D eigenvalue weighted by Gasteiger charge is 2.34. The Morgan fingerprint density at radius 2 is 2.19 bits per heavy atom. The van der Waals surface area contributed by atoms with Gasteiger partial charge in [0.05, 0.1) is 17.1 Å². The van der Waals surface area contributed by atoms with E-state index in [1.165, 1.54) is 12.8 Å². The quantitative estimate of drug-likeness (QED) is 0.915. The third-order valence-corrected chi connectivity index (χ3v) is 4.26. The summed E-state index contributed by atoms with van der Waals surface area (Å²) in [6.45, 7) is 6.22. The van der Waals surface area contributed by atoms with Crippen LogP contribution in [0.3, 0.4) is 0 Å². The number of imidazole rings is 1. The number of aryl methyl sites for hydroxylation is 1. The molecule has 110 valence electrons. The van der Waals surface area contributed by atoms with E-state index in [0.717, 1.165) is 23.3 Å². The van der Waals surface area contributed by atoms with Gasteiger partial charge in [0.15, 0.2) is 0 Å². The maximum absolute atomic E-state index is 9.55. The molecule has 1 fully saturated rings. The van der Waals surface area contributed by atoms with Crippen LogP contribution in [0.2, 0.25) is 0 Å². The van der Waals surface area contributed by atoms with E-state index >= 15 is 0 Å². The number of nitrogens with one attached hydrogen (secondary N) is 1. The average Bonchev–Trinajstić information content (AvgIpc) is 3.17. The summed E-state index contributed by atoms with van der Waals surface area (Å²) in [5.41, 5.74) is 1.70. The Morgan fingerprint density at radius 3 is 2.86 bits per heavy atom. The van der Waals surface area contributed by atoms with E-state index in [1.54, 1.807) is 0 Å². The molecule has 1 N–H and O–H groups in total. The van der Waals surface area contributed by atoms with E-state index in [9.17, 15) is 5.26 Å². The molecule has 1 heterocycles. The predicted molar refractivity (Wildman–Crippen MR) is 84.0 cm³/mol. The molecular formula is C17H22N4. The van der Waals surface area contributed by atoms with Crippen LogP contribution >= 0.6 is 0 Å². The van der Waals surface area contributed by atoms with E-state index in [1.807, 2.05) is 32.0 Å². The molecule has 0 saturated heterocycles. The Labute approximate surface area is 125 Å². The molecule has 0 aliphatic heterocycles. The molecule has 1 aromatic carbocycles. The van der Waals surface area contributed by atoms with Gasteiger partial charge in [-0.3, -0.25) is 5.32 Å². The molecule has 21 heavy (non-hydrogen) atoms. The number of nitrogens with zero attached hydrogens (tertiary/aromatic N) is 3.